The monoisotopic (exact) mass is 305 g/mol. The molecule has 0 saturated carbocycles. The van der Waals surface area contributed by atoms with E-state index in [1.165, 1.54) is 0 Å². The molecule has 0 amide bonds. The molecular weight excluding hydrogens is 294 g/mol. The summed E-state index contributed by atoms with van der Waals surface area (Å²) in [5, 5.41) is 22.5. The summed E-state index contributed by atoms with van der Waals surface area (Å²) in [5.41, 5.74) is -2.59. The van der Waals surface area contributed by atoms with E-state index in [0.29, 0.717) is 4.48 Å². The van der Waals surface area contributed by atoms with E-state index in [1.807, 2.05) is 0 Å². The minimum Gasteiger partial charge on any atom is -0.292 e. The van der Waals surface area contributed by atoms with Gasteiger partial charge in [0.15, 0.2) is 0 Å². The maximum absolute atomic E-state index is 11.3. The first-order valence-electron chi connectivity index (χ1n) is 5.16. The highest BCUT2D eigenvalue weighted by atomic mass is 79.9. The number of likely N-dealkylation sites (N-methyl/N-ethyl adjacent to an activating group) is 1. The third-order valence-corrected chi connectivity index (χ3v) is 4.62. The lowest BCUT2D eigenvalue weighted by Gasteiger charge is -2.43. The Bertz CT molecular complexity index is 426. The number of fused-ring (bicyclic) bond motifs is 2. The highest BCUT2D eigenvalue weighted by Crippen LogP contribution is 2.45. The largest absolute Gasteiger partial charge is 0.292 e. The summed E-state index contributed by atoms with van der Waals surface area (Å²) >= 11 is 3.21. The minimum atomic E-state index is -1.36. The SMILES string of the molecule is CN1CC2([N+](=O)[O-])CC=C(Br)C([N+](=O)[O-])(C1)C2. The molecule has 0 aromatic rings. The molecule has 2 unspecified atom stereocenters. The highest BCUT2D eigenvalue weighted by Gasteiger charge is 2.64. The number of piperidine rings is 1. The molecule has 1 aliphatic heterocycles. The van der Waals surface area contributed by atoms with Crippen LogP contribution in [-0.4, -0.2) is 46.0 Å². The Morgan fingerprint density at radius 2 is 2.00 bits per heavy atom. The van der Waals surface area contributed by atoms with Gasteiger partial charge in [0.25, 0.3) is 5.54 Å². The Hall–Kier alpha value is -1.02. The lowest BCUT2D eigenvalue weighted by molar-refractivity contribution is -0.619. The molecule has 0 spiro atoms. The van der Waals surface area contributed by atoms with Crippen molar-refractivity contribution in [3.8, 4) is 0 Å². The Labute approximate surface area is 106 Å². The van der Waals surface area contributed by atoms with E-state index >= 15 is 0 Å². The molecule has 2 rings (SSSR count). The zero-order valence-electron chi connectivity index (χ0n) is 9.26. The zero-order valence-corrected chi connectivity index (χ0v) is 10.8. The van der Waals surface area contributed by atoms with Crippen molar-refractivity contribution in [2.45, 2.75) is 23.9 Å². The molecule has 1 heterocycles. The van der Waals surface area contributed by atoms with Crippen molar-refractivity contribution in [1.82, 2.24) is 4.90 Å². The van der Waals surface area contributed by atoms with Gasteiger partial charge in [0.05, 0.1) is 24.0 Å². The van der Waals surface area contributed by atoms with Gasteiger partial charge in [-0.05, 0) is 23.0 Å². The molecule has 0 N–H and O–H groups in total. The molecule has 1 aliphatic carbocycles. The van der Waals surface area contributed by atoms with Crippen LogP contribution in [0.15, 0.2) is 10.6 Å². The summed E-state index contributed by atoms with van der Waals surface area (Å²) in [7, 11) is 1.68. The van der Waals surface area contributed by atoms with Gasteiger partial charge < -0.3 is 0 Å². The van der Waals surface area contributed by atoms with E-state index in [0.717, 1.165) is 0 Å². The van der Waals surface area contributed by atoms with Crippen molar-refractivity contribution in [3.63, 3.8) is 0 Å². The van der Waals surface area contributed by atoms with E-state index < -0.39 is 16.0 Å². The molecule has 2 atom stereocenters. The van der Waals surface area contributed by atoms with Gasteiger partial charge in [-0.3, -0.25) is 25.1 Å². The normalized spacial score (nSPS) is 37.4. The molecule has 94 valence electrons. The third-order valence-electron chi connectivity index (χ3n) is 3.56. The molecule has 1 saturated heterocycles. The van der Waals surface area contributed by atoms with E-state index in [1.54, 1.807) is 18.0 Å². The number of halogens is 1. The van der Waals surface area contributed by atoms with Gasteiger partial charge in [-0.2, -0.15) is 0 Å². The van der Waals surface area contributed by atoms with E-state index in [4.69, 9.17) is 0 Å². The van der Waals surface area contributed by atoms with Crippen molar-refractivity contribution in [1.29, 1.82) is 0 Å². The molecule has 2 aliphatic rings. The second-order valence-corrected chi connectivity index (χ2v) is 5.73. The number of rotatable bonds is 2. The molecule has 8 heteroatoms. The minimum absolute atomic E-state index is 0.0403. The third kappa shape index (κ3) is 1.66. The van der Waals surface area contributed by atoms with Crippen LogP contribution in [0.2, 0.25) is 0 Å². The summed E-state index contributed by atoms with van der Waals surface area (Å²) < 4.78 is 0.457. The molecule has 0 aromatic carbocycles. The van der Waals surface area contributed by atoms with Crippen LogP contribution in [0, 0.1) is 20.2 Å². The number of nitro groups is 2. The number of hydrogen-bond donors (Lipinski definition) is 0. The van der Waals surface area contributed by atoms with Gasteiger partial charge in [-0.1, -0.05) is 6.08 Å². The van der Waals surface area contributed by atoms with Gasteiger partial charge in [0.2, 0.25) is 5.54 Å². The lowest BCUT2D eigenvalue weighted by atomic mass is 9.72. The molecule has 17 heavy (non-hydrogen) atoms. The average Bonchev–Trinajstić information content (AvgIpc) is 2.23. The Morgan fingerprint density at radius 1 is 1.35 bits per heavy atom. The van der Waals surface area contributed by atoms with E-state index in [-0.39, 0.29) is 30.9 Å². The van der Waals surface area contributed by atoms with Crippen LogP contribution in [0.4, 0.5) is 0 Å². The Balaban J connectivity index is 2.52. The van der Waals surface area contributed by atoms with E-state index in [9.17, 15) is 20.2 Å². The first-order chi connectivity index (χ1) is 7.82. The molecule has 1 fully saturated rings. The van der Waals surface area contributed by atoms with Crippen LogP contribution in [0.25, 0.3) is 0 Å². The van der Waals surface area contributed by atoms with Crippen molar-refractivity contribution in [2.24, 2.45) is 0 Å². The summed E-state index contributed by atoms with van der Waals surface area (Å²) in [6, 6.07) is 0. The molecule has 0 aromatic heterocycles. The van der Waals surface area contributed by atoms with Crippen molar-refractivity contribution < 1.29 is 9.85 Å². The van der Waals surface area contributed by atoms with Crippen molar-refractivity contribution in [3.05, 3.63) is 30.8 Å². The number of nitrogens with zero attached hydrogens (tertiary/aromatic N) is 3. The van der Waals surface area contributed by atoms with Crippen LogP contribution in [0.1, 0.15) is 12.8 Å². The van der Waals surface area contributed by atoms with Crippen LogP contribution >= 0.6 is 15.9 Å². The molecule has 7 nitrogen and oxygen atoms in total. The summed E-state index contributed by atoms with van der Waals surface area (Å²) in [6.45, 7) is 0.457. The van der Waals surface area contributed by atoms with Crippen LogP contribution in [-0.2, 0) is 0 Å². The van der Waals surface area contributed by atoms with Crippen LogP contribution < -0.4 is 0 Å². The predicted molar refractivity (Wildman–Crippen MR) is 63.2 cm³/mol. The maximum Gasteiger partial charge on any atom is 0.272 e. The Kier molecular flexibility index (Phi) is 2.74. The molecule has 0 radical (unpaired) electrons. The van der Waals surface area contributed by atoms with Gasteiger partial charge >= 0.3 is 0 Å². The Morgan fingerprint density at radius 3 is 2.53 bits per heavy atom. The first-order valence-corrected chi connectivity index (χ1v) is 5.95. The van der Waals surface area contributed by atoms with Crippen LogP contribution in [0.3, 0.4) is 0 Å². The smallest absolute Gasteiger partial charge is 0.272 e. The van der Waals surface area contributed by atoms with Gasteiger partial charge in [0.1, 0.15) is 0 Å². The second kappa shape index (κ2) is 3.74. The fourth-order valence-electron chi connectivity index (χ4n) is 2.83. The van der Waals surface area contributed by atoms with Crippen molar-refractivity contribution >= 4 is 15.9 Å². The molecule has 2 bridgehead atoms. The average molecular weight is 306 g/mol. The lowest BCUT2D eigenvalue weighted by Crippen LogP contribution is -2.66. The number of likely N-dealkylation sites (tertiary alicyclic amines) is 1. The van der Waals surface area contributed by atoms with Gasteiger partial charge in [-0.15, -0.1) is 0 Å². The van der Waals surface area contributed by atoms with Crippen LogP contribution in [0.5, 0.6) is 0 Å². The topological polar surface area (TPSA) is 89.5 Å². The standard InChI is InChI=1S/C9H12BrN3O4/c1-11-5-8(12(14)15)3-2-7(10)9(4-8,6-11)13(16)17/h2H,3-6H2,1H3. The summed E-state index contributed by atoms with van der Waals surface area (Å²) in [5.74, 6) is 0. The van der Waals surface area contributed by atoms with Gasteiger partial charge in [-0.25, -0.2) is 0 Å². The fourth-order valence-corrected chi connectivity index (χ4v) is 3.41. The van der Waals surface area contributed by atoms with Gasteiger partial charge in [0, 0.05) is 16.3 Å². The summed E-state index contributed by atoms with van der Waals surface area (Å²) in [4.78, 5) is 23.4. The summed E-state index contributed by atoms with van der Waals surface area (Å²) in [6.07, 6.45) is 1.78. The second-order valence-electron chi connectivity index (χ2n) is 4.88. The predicted octanol–water partition coefficient (Wildman–Crippen LogP) is 1.04. The van der Waals surface area contributed by atoms with Crippen molar-refractivity contribution in [2.75, 3.05) is 20.1 Å². The molecular formula is C9H12BrN3O4. The van der Waals surface area contributed by atoms with E-state index in [2.05, 4.69) is 15.9 Å². The fraction of sp³-hybridized carbons (Fsp3) is 0.778. The number of hydrogen-bond acceptors (Lipinski definition) is 5. The maximum atomic E-state index is 11.3. The first kappa shape index (κ1) is 12.4. The quantitative estimate of drug-likeness (QED) is 0.561. The zero-order chi connectivity index (χ0) is 12.8. The highest BCUT2D eigenvalue weighted by molar-refractivity contribution is 9.11.